The Balaban J connectivity index is 1.51. The molecule has 0 radical (unpaired) electrons. The van der Waals surface area contributed by atoms with Gasteiger partial charge in [-0.1, -0.05) is 18.2 Å². The smallest absolute Gasteiger partial charge is 0.315 e. The van der Waals surface area contributed by atoms with E-state index in [2.05, 4.69) is 15.6 Å². The summed E-state index contributed by atoms with van der Waals surface area (Å²) in [5, 5.41) is 5.64. The molecule has 1 aliphatic heterocycles. The number of carbonyl (C=O) groups excluding carboxylic acids is 1. The monoisotopic (exact) mass is 332 g/mol. The van der Waals surface area contributed by atoms with Gasteiger partial charge in [0.2, 0.25) is 0 Å². The van der Waals surface area contributed by atoms with E-state index < -0.39 is 0 Å². The summed E-state index contributed by atoms with van der Waals surface area (Å²) in [7, 11) is 1.92. The molecule has 7 heteroatoms. The van der Waals surface area contributed by atoms with E-state index in [9.17, 15) is 9.18 Å². The predicted octanol–water partition coefficient (Wildman–Crippen LogP) is 2.28. The number of amides is 2. The number of ether oxygens (including phenoxy) is 1. The maximum atomic E-state index is 13.5. The zero-order chi connectivity index (χ0) is 16.9. The van der Waals surface area contributed by atoms with Gasteiger partial charge in [0.15, 0.2) is 0 Å². The van der Waals surface area contributed by atoms with Gasteiger partial charge in [0.25, 0.3) is 0 Å². The Morgan fingerprint density at radius 2 is 2.29 bits per heavy atom. The van der Waals surface area contributed by atoms with Gasteiger partial charge in [0.1, 0.15) is 11.9 Å². The molecule has 2 aromatic rings. The molecular formula is C17H21FN4O2. The average Bonchev–Trinajstić information content (AvgIpc) is 3.00. The number of imidazole rings is 1. The van der Waals surface area contributed by atoms with Gasteiger partial charge in [-0.05, 0) is 18.9 Å². The van der Waals surface area contributed by atoms with Crippen LogP contribution in [-0.2, 0) is 18.3 Å². The lowest BCUT2D eigenvalue weighted by atomic mass is 10.0. The summed E-state index contributed by atoms with van der Waals surface area (Å²) in [6.07, 6.45) is 4.87. The predicted molar refractivity (Wildman–Crippen MR) is 86.7 cm³/mol. The van der Waals surface area contributed by atoms with Crippen molar-refractivity contribution in [3.63, 3.8) is 0 Å². The number of nitrogens with zero attached hydrogens (tertiary/aromatic N) is 2. The number of urea groups is 1. The lowest BCUT2D eigenvalue weighted by Gasteiger charge is -2.30. The lowest BCUT2D eigenvalue weighted by molar-refractivity contribution is -0.00178. The molecule has 1 aromatic heterocycles. The number of halogens is 1. The van der Waals surface area contributed by atoms with Crippen LogP contribution < -0.4 is 10.6 Å². The molecule has 0 aliphatic carbocycles. The van der Waals surface area contributed by atoms with E-state index in [1.54, 1.807) is 30.7 Å². The van der Waals surface area contributed by atoms with E-state index in [1.165, 1.54) is 6.07 Å². The molecule has 128 valence electrons. The molecule has 1 saturated heterocycles. The molecule has 0 spiro atoms. The van der Waals surface area contributed by atoms with Gasteiger partial charge in [-0.25, -0.2) is 14.2 Å². The van der Waals surface area contributed by atoms with Crippen LogP contribution in [0.5, 0.6) is 0 Å². The van der Waals surface area contributed by atoms with Crippen LogP contribution in [0.3, 0.4) is 0 Å². The first kappa shape index (κ1) is 16.4. The number of nitrogens with one attached hydrogen (secondary N) is 2. The van der Waals surface area contributed by atoms with E-state index in [0.717, 1.165) is 12.1 Å². The van der Waals surface area contributed by atoms with Gasteiger partial charge < -0.3 is 19.9 Å². The Hall–Kier alpha value is -2.41. The molecule has 2 heterocycles. The third kappa shape index (κ3) is 3.91. The maximum Gasteiger partial charge on any atom is 0.315 e. The SMILES string of the molecule is Cn1cncc1[C@@H]1C[C@H](NC(=O)NCc2ccccc2F)CCO1. The fraction of sp³-hybridized carbons (Fsp3) is 0.412. The van der Waals surface area contributed by atoms with Crippen molar-refractivity contribution in [1.29, 1.82) is 0 Å². The molecule has 1 aliphatic rings. The number of carbonyl (C=O) groups is 1. The summed E-state index contributed by atoms with van der Waals surface area (Å²) >= 11 is 0. The number of hydrogen-bond donors (Lipinski definition) is 2. The van der Waals surface area contributed by atoms with Crippen molar-refractivity contribution in [1.82, 2.24) is 20.2 Å². The van der Waals surface area contributed by atoms with Gasteiger partial charge in [-0.15, -0.1) is 0 Å². The van der Waals surface area contributed by atoms with E-state index in [-0.39, 0.29) is 30.5 Å². The molecule has 0 unspecified atom stereocenters. The zero-order valence-corrected chi connectivity index (χ0v) is 13.5. The topological polar surface area (TPSA) is 68.2 Å². The minimum atomic E-state index is -0.319. The highest BCUT2D eigenvalue weighted by Crippen LogP contribution is 2.27. The van der Waals surface area contributed by atoms with Gasteiger partial charge in [0, 0.05) is 31.8 Å². The third-order valence-corrected chi connectivity index (χ3v) is 4.20. The molecule has 24 heavy (non-hydrogen) atoms. The van der Waals surface area contributed by atoms with E-state index in [1.807, 2.05) is 11.6 Å². The normalized spacial score (nSPS) is 20.6. The second-order valence-electron chi connectivity index (χ2n) is 5.93. The number of benzene rings is 1. The van der Waals surface area contributed by atoms with Crippen LogP contribution in [0.1, 0.15) is 30.2 Å². The summed E-state index contributed by atoms with van der Waals surface area (Å²) in [5.41, 5.74) is 1.46. The van der Waals surface area contributed by atoms with Gasteiger partial charge >= 0.3 is 6.03 Å². The third-order valence-electron chi connectivity index (χ3n) is 4.20. The van der Waals surface area contributed by atoms with Crippen molar-refractivity contribution in [2.75, 3.05) is 6.61 Å². The van der Waals surface area contributed by atoms with Crippen molar-refractivity contribution in [2.24, 2.45) is 7.05 Å². The molecule has 6 nitrogen and oxygen atoms in total. The quantitative estimate of drug-likeness (QED) is 0.902. The molecule has 3 rings (SSSR count). The highest BCUT2D eigenvalue weighted by molar-refractivity contribution is 5.74. The molecular weight excluding hydrogens is 311 g/mol. The van der Waals surface area contributed by atoms with Crippen LogP contribution in [0.2, 0.25) is 0 Å². The van der Waals surface area contributed by atoms with Crippen molar-refractivity contribution < 1.29 is 13.9 Å². The largest absolute Gasteiger partial charge is 0.372 e. The van der Waals surface area contributed by atoms with E-state index in [4.69, 9.17) is 4.74 Å². The van der Waals surface area contributed by atoms with Crippen molar-refractivity contribution in [3.05, 3.63) is 53.9 Å². The van der Waals surface area contributed by atoms with Crippen LogP contribution in [0.25, 0.3) is 0 Å². The van der Waals surface area contributed by atoms with Crippen LogP contribution in [-0.4, -0.2) is 28.2 Å². The fourth-order valence-corrected chi connectivity index (χ4v) is 2.87. The van der Waals surface area contributed by atoms with Crippen molar-refractivity contribution in [2.45, 2.75) is 31.5 Å². The molecule has 0 bridgehead atoms. The zero-order valence-electron chi connectivity index (χ0n) is 13.5. The number of hydrogen-bond acceptors (Lipinski definition) is 3. The molecule has 2 atom stereocenters. The van der Waals surface area contributed by atoms with Gasteiger partial charge in [-0.3, -0.25) is 0 Å². The second kappa shape index (κ2) is 7.44. The van der Waals surface area contributed by atoms with Crippen molar-refractivity contribution >= 4 is 6.03 Å². The minimum Gasteiger partial charge on any atom is -0.372 e. The Morgan fingerprint density at radius 3 is 3.04 bits per heavy atom. The highest BCUT2D eigenvalue weighted by atomic mass is 19.1. The highest BCUT2D eigenvalue weighted by Gasteiger charge is 2.26. The van der Waals surface area contributed by atoms with Crippen molar-refractivity contribution in [3.8, 4) is 0 Å². The van der Waals surface area contributed by atoms with Crippen LogP contribution in [0, 0.1) is 5.82 Å². The van der Waals surface area contributed by atoms with Crippen LogP contribution >= 0.6 is 0 Å². The Bertz CT molecular complexity index is 703. The first-order valence-electron chi connectivity index (χ1n) is 7.99. The summed E-state index contributed by atoms with van der Waals surface area (Å²) in [6, 6.07) is 6.12. The van der Waals surface area contributed by atoms with Crippen LogP contribution in [0.4, 0.5) is 9.18 Å². The average molecular weight is 332 g/mol. The summed E-state index contributed by atoms with van der Waals surface area (Å²) in [5.74, 6) is -0.319. The minimum absolute atomic E-state index is 0.0132. The number of rotatable bonds is 4. The van der Waals surface area contributed by atoms with Crippen LogP contribution in [0.15, 0.2) is 36.8 Å². The van der Waals surface area contributed by atoms with E-state index >= 15 is 0 Å². The number of aromatic nitrogens is 2. The Morgan fingerprint density at radius 1 is 1.46 bits per heavy atom. The maximum absolute atomic E-state index is 13.5. The molecule has 2 amide bonds. The lowest BCUT2D eigenvalue weighted by Crippen LogP contribution is -2.44. The number of aryl methyl sites for hydroxylation is 1. The molecule has 1 aromatic carbocycles. The first-order chi connectivity index (χ1) is 11.6. The van der Waals surface area contributed by atoms with Gasteiger partial charge in [0.05, 0.1) is 18.2 Å². The molecule has 1 fully saturated rings. The molecule has 2 N–H and O–H groups in total. The fourth-order valence-electron chi connectivity index (χ4n) is 2.87. The van der Waals surface area contributed by atoms with E-state index in [0.29, 0.717) is 18.6 Å². The Labute approximate surface area is 140 Å². The second-order valence-corrected chi connectivity index (χ2v) is 5.93. The summed E-state index contributed by atoms with van der Waals surface area (Å²) in [6.45, 7) is 0.737. The van der Waals surface area contributed by atoms with Gasteiger partial charge in [-0.2, -0.15) is 0 Å². The molecule has 0 saturated carbocycles. The first-order valence-corrected chi connectivity index (χ1v) is 7.99. The summed E-state index contributed by atoms with van der Waals surface area (Å²) in [4.78, 5) is 16.2. The Kier molecular flexibility index (Phi) is 5.10. The summed E-state index contributed by atoms with van der Waals surface area (Å²) < 4.78 is 21.2. The standard InChI is InChI=1S/C17H21FN4O2/c1-22-11-19-10-15(22)16-8-13(6-7-24-16)21-17(23)20-9-12-4-2-3-5-14(12)18/h2-5,10-11,13,16H,6-9H2,1H3,(H2,20,21,23)/t13-,16+/m1/s1.